The fourth-order valence-electron chi connectivity index (χ4n) is 3.98. The van der Waals surface area contributed by atoms with Gasteiger partial charge in [0.25, 0.3) is 0 Å². The van der Waals surface area contributed by atoms with Crippen molar-refractivity contribution >= 4 is 29.1 Å². The lowest BCUT2D eigenvalue weighted by Crippen LogP contribution is -2.33. The van der Waals surface area contributed by atoms with Crippen molar-refractivity contribution in [1.29, 1.82) is 0 Å². The fourth-order valence-corrected chi connectivity index (χ4v) is 4.15. The number of hydrogen-bond donors (Lipinski definition) is 3. The van der Waals surface area contributed by atoms with Gasteiger partial charge in [0.1, 0.15) is 5.02 Å². The topological polar surface area (TPSA) is 106 Å². The summed E-state index contributed by atoms with van der Waals surface area (Å²) in [5.74, 6) is 1.14. The van der Waals surface area contributed by atoms with Crippen molar-refractivity contribution in [3.63, 3.8) is 0 Å². The van der Waals surface area contributed by atoms with Crippen molar-refractivity contribution in [2.24, 2.45) is 5.73 Å². The van der Waals surface area contributed by atoms with Crippen molar-refractivity contribution in [2.75, 3.05) is 10.6 Å². The number of halogens is 1. The van der Waals surface area contributed by atoms with Gasteiger partial charge in [-0.1, -0.05) is 41.9 Å². The Labute approximate surface area is 191 Å². The van der Waals surface area contributed by atoms with Crippen LogP contribution in [0.2, 0.25) is 5.02 Å². The average Bonchev–Trinajstić information content (AvgIpc) is 3.21. The molecule has 164 valence electrons. The Bertz CT molecular complexity index is 1180. The van der Waals surface area contributed by atoms with E-state index < -0.39 is 0 Å². The van der Waals surface area contributed by atoms with Gasteiger partial charge in [-0.2, -0.15) is 19.6 Å². The standard InChI is InChI=1S/C23H25ClN8/c24-19-14-28-32-21(19)30-22(29-18-10-8-17(25)9-11-18)31-23(32)27-13-15-4-6-16(7-5-15)20-3-1-2-12-26-20/h1-7,12,14,17-18H,8-11,13,25H2,(H2,27,29,30,31). The molecule has 0 bridgehead atoms. The molecule has 0 amide bonds. The van der Waals surface area contributed by atoms with Crippen LogP contribution in [0.1, 0.15) is 31.2 Å². The Balaban J connectivity index is 1.33. The van der Waals surface area contributed by atoms with Crippen LogP contribution in [0, 0.1) is 0 Å². The van der Waals surface area contributed by atoms with E-state index in [1.165, 1.54) is 0 Å². The van der Waals surface area contributed by atoms with Crippen molar-refractivity contribution in [2.45, 2.75) is 44.3 Å². The average molecular weight is 449 g/mol. The summed E-state index contributed by atoms with van der Waals surface area (Å²) in [5.41, 5.74) is 9.75. The van der Waals surface area contributed by atoms with E-state index in [9.17, 15) is 0 Å². The predicted octanol–water partition coefficient (Wildman–Crippen LogP) is 4.13. The molecule has 1 aliphatic carbocycles. The zero-order valence-electron chi connectivity index (χ0n) is 17.6. The first-order valence-corrected chi connectivity index (χ1v) is 11.2. The third-order valence-corrected chi connectivity index (χ3v) is 6.06. The lowest BCUT2D eigenvalue weighted by atomic mass is 9.92. The van der Waals surface area contributed by atoms with E-state index in [4.69, 9.17) is 17.3 Å². The molecule has 9 heteroatoms. The highest BCUT2D eigenvalue weighted by molar-refractivity contribution is 6.33. The maximum absolute atomic E-state index is 6.32. The minimum Gasteiger partial charge on any atom is -0.351 e. The number of nitrogens with two attached hydrogens (primary N) is 1. The molecule has 32 heavy (non-hydrogen) atoms. The summed E-state index contributed by atoms with van der Waals surface area (Å²) in [6.45, 7) is 0.587. The summed E-state index contributed by atoms with van der Waals surface area (Å²) >= 11 is 6.32. The van der Waals surface area contributed by atoms with E-state index in [1.54, 1.807) is 16.9 Å². The molecule has 1 fully saturated rings. The molecule has 0 aliphatic heterocycles. The van der Waals surface area contributed by atoms with Crippen LogP contribution in [0.15, 0.2) is 54.9 Å². The van der Waals surface area contributed by atoms with Gasteiger partial charge in [-0.15, -0.1) is 0 Å². The van der Waals surface area contributed by atoms with Gasteiger partial charge in [0.15, 0.2) is 5.65 Å². The first kappa shape index (κ1) is 20.7. The molecule has 1 aliphatic rings. The van der Waals surface area contributed by atoms with Gasteiger partial charge in [-0.3, -0.25) is 4.98 Å². The van der Waals surface area contributed by atoms with Crippen LogP contribution in [0.25, 0.3) is 16.9 Å². The molecular weight excluding hydrogens is 424 g/mol. The highest BCUT2D eigenvalue weighted by atomic mass is 35.5. The Hall–Kier alpha value is -3.23. The largest absolute Gasteiger partial charge is 0.351 e. The van der Waals surface area contributed by atoms with E-state index in [0.717, 1.165) is 42.5 Å². The second kappa shape index (κ2) is 9.10. The SMILES string of the molecule is NC1CCC(Nc2nc(NCc3ccc(-c4ccccn4)cc3)n3ncc(Cl)c3n2)CC1. The van der Waals surface area contributed by atoms with Crippen molar-refractivity contribution in [1.82, 2.24) is 24.6 Å². The normalized spacial score (nSPS) is 18.6. The minimum absolute atomic E-state index is 0.294. The van der Waals surface area contributed by atoms with Crippen molar-refractivity contribution in [3.8, 4) is 11.3 Å². The molecule has 4 aromatic rings. The summed E-state index contributed by atoms with van der Waals surface area (Å²) in [6, 6.07) is 14.8. The van der Waals surface area contributed by atoms with Crippen LogP contribution in [-0.2, 0) is 6.54 Å². The molecule has 0 saturated heterocycles. The zero-order chi connectivity index (χ0) is 21.9. The van der Waals surface area contributed by atoms with Gasteiger partial charge in [0, 0.05) is 30.4 Å². The van der Waals surface area contributed by atoms with E-state index in [1.807, 2.05) is 18.2 Å². The van der Waals surface area contributed by atoms with Gasteiger partial charge < -0.3 is 16.4 Å². The summed E-state index contributed by atoms with van der Waals surface area (Å²) in [5, 5.41) is 11.6. The second-order valence-corrected chi connectivity index (χ2v) is 8.53. The second-order valence-electron chi connectivity index (χ2n) is 8.12. The van der Waals surface area contributed by atoms with Gasteiger partial charge in [-0.25, -0.2) is 0 Å². The summed E-state index contributed by atoms with van der Waals surface area (Å²) < 4.78 is 1.63. The van der Waals surface area contributed by atoms with Crippen LogP contribution in [0.5, 0.6) is 0 Å². The van der Waals surface area contributed by atoms with Crippen LogP contribution < -0.4 is 16.4 Å². The van der Waals surface area contributed by atoms with Gasteiger partial charge in [0.05, 0.1) is 11.9 Å². The molecule has 5 rings (SSSR count). The molecule has 1 saturated carbocycles. The fraction of sp³-hybridized carbons (Fsp3) is 0.304. The summed E-state index contributed by atoms with van der Waals surface area (Å²) in [6.07, 6.45) is 7.41. The quantitative estimate of drug-likeness (QED) is 0.407. The number of anilines is 2. The number of fused-ring (bicyclic) bond motifs is 1. The van der Waals surface area contributed by atoms with Crippen LogP contribution in [0.3, 0.4) is 0 Å². The number of aromatic nitrogens is 5. The molecule has 3 aromatic heterocycles. The number of pyridine rings is 1. The predicted molar refractivity (Wildman–Crippen MR) is 127 cm³/mol. The lowest BCUT2D eigenvalue weighted by molar-refractivity contribution is 0.410. The first-order valence-electron chi connectivity index (χ1n) is 10.8. The van der Waals surface area contributed by atoms with E-state index in [-0.39, 0.29) is 0 Å². The molecule has 3 heterocycles. The Morgan fingerprint density at radius 1 is 1.03 bits per heavy atom. The number of benzene rings is 1. The molecule has 0 spiro atoms. The summed E-state index contributed by atoms with van der Waals surface area (Å²) in [7, 11) is 0. The Morgan fingerprint density at radius 2 is 1.84 bits per heavy atom. The Morgan fingerprint density at radius 3 is 2.59 bits per heavy atom. The third-order valence-electron chi connectivity index (χ3n) is 5.80. The maximum Gasteiger partial charge on any atom is 0.229 e. The van der Waals surface area contributed by atoms with Crippen molar-refractivity contribution < 1.29 is 0 Å². The number of rotatable bonds is 6. The molecule has 4 N–H and O–H groups in total. The number of nitrogens with one attached hydrogen (secondary N) is 2. The minimum atomic E-state index is 0.294. The molecule has 8 nitrogen and oxygen atoms in total. The molecule has 0 unspecified atom stereocenters. The number of nitrogens with zero attached hydrogens (tertiary/aromatic N) is 5. The van der Waals surface area contributed by atoms with Crippen LogP contribution in [-0.4, -0.2) is 36.6 Å². The number of hydrogen-bond acceptors (Lipinski definition) is 7. The van der Waals surface area contributed by atoms with E-state index in [0.29, 0.717) is 41.2 Å². The monoisotopic (exact) mass is 448 g/mol. The molecule has 1 aromatic carbocycles. The molecule has 0 atom stereocenters. The first-order chi connectivity index (χ1) is 15.7. The smallest absolute Gasteiger partial charge is 0.229 e. The van der Waals surface area contributed by atoms with Gasteiger partial charge in [-0.05, 0) is 43.4 Å². The highest BCUT2D eigenvalue weighted by Crippen LogP contribution is 2.24. The van der Waals surface area contributed by atoms with Crippen molar-refractivity contribution in [3.05, 3.63) is 65.4 Å². The van der Waals surface area contributed by atoms with E-state index >= 15 is 0 Å². The zero-order valence-corrected chi connectivity index (χ0v) is 18.3. The highest BCUT2D eigenvalue weighted by Gasteiger charge is 2.20. The Kier molecular flexibility index (Phi) is 5.87. The van der Waals surface area contributed by atoms with Crippen LogP contribution >= 0.6 is 11.6 Å². The maximum atomic E-state index is 6.32. The summed E-state index contributed by atoms with van der Waals surface area (Å²) in [4.78, 5) is 13.7. The van der Waals surface area contributed by atoms with Crippen LogP contribution in [0.4, 0.5) is 11.9 Å². The lowest BCUT2D eigenvalue weighted by Gasteiger charge is -2.26. The van der Waals surface area contributed by atoms with E-state index in [2.05, 4.69) is 54.9 Å². The van der Waals surface area contributed by atoms with Gasteiger partial charge in [0.2, 0.25) is 11.9 Å². The third kappa shape index (κ3) is 4.51. The van der Waals surface area contributed by atoms with Gasteiger partial charge >= 0.3 is 0 Å². The molecular formula is C23H25ClN8. The molecule has 0 radical (unpaired) electrons.